The fraction of sp³-hybridized carbons (Fsp3) is 0.421. The minimum absolute atomic E-state index is 0.190. The molecule has 0 saturated heterocycles. The van der Waals surface area contributed by atoms with Crippen molar-refractivity contribution in [2.75, 3.05) is 0 Å². The van der Waals surface area contributed by atoms with E-state index in [1.165, 1.54) is 24.8 Å². The van der Waals surface area contributed by atoms with Crippen molar-refractivity contribution in [3.05, 3.63) is 59.7 Å². The van der Waals surface area contributed by atoms with Gasteiger partial charge in [-0.25, -0.2) is 4.79 Å². The number of carbonyl (C=O) groups excluding carboxylic acids is 1. The predicted octanol–water partition coefficient (Wildman–Crippen LogP) is 4.42. The highest BCUT2D eigenvalue weighted by Gasteiger charge is 2.35. The van der Waals surface area contributed by atoms with Crippen molar-refractivity contribution in [1.29, 1.82) is 0 Å². The molecule has 0 heterocycles. The van der Waals surface area contributed by atoms with E-state index in [1.54, 1.807) is 6.08 Å². The third-order valence-electron chi connectivity index (χ3n) is 4.59. The monoisotopic (exact) mass is 282 g/mol. The number of rotatable bonds is 3. The van der Waals surface area contributed by atoms with E-state index >= 15 is 0 Å². The van der Waals surface area contributed by atoms with Crippen LogP contribution in [0, 0.1) is 11.8 Å². The Kier molecular flexibility index (Phi) is 4.54. The maximum Gasteiger partial charge on any atom is 0.331 e. The van der Waals surface area contributed by atoms with Gasteiger partial charge in [-0.3, -0.25) is 0 Å². The first kappa shape index (κ1) is 14.1. The SMILES string of the molecule is O=C(/C=C1\C[C@@H]2CC/C=C\CC[C@H]12)OCc1ccccc1. The van der Waals surface area contributed by atoms with E-state index in [9.17, 15) is 4.79 Å². The lowest BCUT2D eigenvalue weighted by molar-refractivity contribution is -0.139. The van der Waals surface area contributed by atoms with Crippen LogP contribution >= 0.6 is 0 Å². The van der Waals surface area contributed by atoms with E-state index in [0.29, 0.717) is 12.5 Å². The number of esters is 1. The highest BCUT2D eigenvalue weighted by Crippen LogP contribution is 2.46. The molecule has 1 aromatic rings. The summed E-state index contributed by atoms with van der Waals surface area (Å²) in [6.07, 6.45) is 12.2. The van der Waals surface area contributed by atoms with E-state index < -0.39 is 0 Å². The van der Waals surface area contributed by atoms with Crippen molar-refractivity contribution in [2.24, 2.45) is 11.8 Å². The largest absolute Gasteiger partial charge is 0.458 e. The fourth-order valence-corrected chi connectivity index (χ4v) is 3.37. The van der Waals surface area contributed by atoms with Crippen LogP contribution in [0.1, 0.15) is 37.7 Å². The molecule has 0 spiro atoms. The van der Waals surface area contributed by atoms with E-state index in [4.69, 9.17) is 4.74 Å². The van der Waals surface area contributed by atoms with Crippen LogP contribution in [0.2, 0.25) is 0 Å². The van der Waals surface area contributed by atoms with Crippen molar-refractivity contribution in [2.45, 2.75) is 38.7 Å². The lowest BCUT2D eigenvalue weighted by Gasteiger charge is -2.40. The van der Waals surface area contributed by atoms with E-state index in [0.717, 1.165) is 24.3 Å². The van der Waals surface area contributed by atoms with Crippen molar-refractivity contribution < 1.29 is 9.53 Å². The fourth-order valence-electron chi connectivity index (χ4n) is 3.37. The van der Waals surface area contributed by atoms with Crippen LogP contribution in [0.3, 0.4) is 0 Å². The molecule has 21 heavy (non-hydrogen) atoms. The van der Waals surface area contributed by atoms with Gasteiger partial charge in [-0.05, 0) is 49.5 Å². The normalized spacial score (nSPS) is 27.9. The van der Waals surface area contributed by atoms with Crippen LogP contribution in [0.25, 0.3) is 0 Å². The average Bonchev–Trinajstić information content (AvgIpc) is 2.48. The molecule has 0 amide bonds. The van der Waals surface area contributed by atoms with Crippen LogP contribution in [-0.4, -0.2) is 5.97 Å². The maximum atomic E-state index is 11.9. The Balaban J connectivity index is 1.53. The van der Waals surface area contributed by atoms with Gasteiger partial charge in [0.05, 0.1) is 0 Å². The van der Waals surface area contributed by atoms with Crippen LogP contribution < -0.4 is 0 Å². The smallest absolute Gasteiger partial charge is 0.331 e. The van der Waals surface area contributed by atoms with Crippen molar-refractivity contribution in [3.63, 3.8) is 0 Å². The van der Waals surface area contributed by atoms with Gasteiger partial charge in [0.1, 0.15) is 6.61 Å². The number of benzene rings is 1. The minimum atomic E-state index is -0.190. The molecule has 0 N–H and O–H groups in total. The van der Waals surface area contributed by atoms with Crippen LogP contribution in [-0.2, 0) is 16.1 Å². The molecule has 2 nitrogen and oxygen atoms in total. The molecule has 3 rings (SSSR count). The molecule has 0 aliphatic heterocycles. The summed E-state index contributed by atoms with van der Waals surface area (Å²) < 4.78 is 5.34. The number of allylic oxidation sites excluding steroid dienone is 3. The first-order valence-corrected chi connectivity index (χ1v) is 7.89. The molecular weight excluding hydrogens is 260 g/mol. The van der Waals surface area contributed by atoms with Crippen LogP contribution in [0.5, 0.6) is 0 Å². The molecular formula is C19H22O2. The zero-order valence-corrected chi connectivity index (χ0v) is 12.3. The summed E-state index contributed by atoms with van der Waals surface area (Å²) >= 11 is 0. The third kappa shape index (κ3) is 3.63. The zero-order chi connectivity index (χ0) is 14.5. The van der Waals surface area contributed by atoms with Crippen molar-refractivity contribution in [1.82, 2.24) is 0 Å². The van der Waals surface area contributed by atoms with Crippen LogP contribution in [0.4, 0.5) is 0 Å². The molecule has 0 unspecified atom stereocenters. The van der Waals surface area contributed by atoms with Gasteiger partial charge < -0.3 is 4.74 Å². The zero-order valence-electron chi connectivity index (χ0n) is 12.3. The molecule has 2 aliphatic rings. The van der Waals surface area contributed by atoms with Gasteiger partial charge in [0.2, 0.25) is 0 Å². The first-order valence-electron chi connectivity index (χ1n) is 7.89. The molecule has 2 heteroatoms. The van der Waals surface area contributed by atoms with Gasteiger partial charge in [-0.2, -0.15) is 0 Å². The molecule has 1 aromatic carbocycles. The molecule has 110 valence electrons. The van der Waals surface area contributed by atoms with Gasteiger partial charge in [0.25, 0.3) is 0 Å². The Labute approximate surface area is 126 Å². The van der Waals surface area contributed by atoms with Crippen molar-refractivity contribution in [3.8, 4) is 0 Å². The predicted molar refractivity (Wildman–Crippen MR) is 83.5 cm³/mol. The third-order valence-corrected chi connectivity index (χ3v) is 4.59. The Morgan fingerprint density at radius 3 is 2.71 bits per heavy atom. The molecule has 1 fully saturated rings. The van der Waals surface area contributed by atoms with E-state index in [1.807, 2.05) is 30.3 Å². The van der Waals surface area contributed by atoms with Gasteiger partial charge in [-0.1, -0.05) is 48.1 Å². The topological polar surface area (TPSA) is 26.3 Å². The molecule has 1 saturated carbocycles. The summed E-state index contributed by atoms with van der Waals surface area (Å²) in [7, 11) is 0. The Hall–Kier alpha value is -1.83. The molecule has 0 radical (unpaired) electrons. The number of hydrogen-bond acceptors (Lipinski definition) is 2. The van der Waals surface area contributed by atoms with E-state index in [2.05, 4.69) is 12.2 Å². The number of carbonyl (C=O) groups is 1. The Morgan fingerprint density at radius 2 is 1.90 bits per heavy atom. The standard InChI is InChI=1S/C19H22O2/c20-19(21-14-15-8-4-3-5-9-15)13-17-12-16-10-6-1-2-7-11-18(16)17/h1-5,8-9,13,16,18H,6-7,10-12,14H2/b2-1-,17-13+/t16-,18-/m0/s1. The Morgan fingerprint density at radius 1 is 1.14 bits per heavy atom. The molecule has 0 aromatic heterocycles. The average molecular weight is 282 g/mol. The van der Waals surface area contributed by atoms with Crippen LogP contribution in [0.15, 0.2) is 54.1 Å². The summed E-state index contributed by atoms with van der Waals surface area (Å²) in [5, 5.41) is 0. The van der Waals surface area contributed by atoms with Gasteiger partial charge in [0.15, 0.2) is 0 Å². The minimum Gasteiger partial charge on any atom is -0.458 e. The second-order valence-corrected chi connectivity index (χ2v) is 6.01. The summed E-state index contributed by atoms with van der Waals surface area (Å²) in [6, 6.07) is 9.83. The summed E-state index contributed by atoms with van der Waals surface area (Å²) in [5.41, 5.74) is 2.33. The molecule has 2 atom stereocenters. The van der Waals surface area contributed by atoms with Crippen molar-refractivity contribution >= 4 is 5.97 Å². The Bertz CT molecular complexity index is 542. The van der Waals surface area contributed by atoms with E-state index in [-0.39, 0.29) is 5.97 Å². The van der Waals surface area contributed by atoms with Gasteiger partial charge in [-0.15, -0.1) is 0 Å². The number of fused-ring (bicyclic) bond motifs is 1. The lowest BCUT2D eigenvalue weighted by atomic mass is 9.64. The summed E-state index contributed by atoms with van der Waals surface area (Å²) in [6.45, 7) is 0.361. The number of hydrogen-bond donors (Lipinski definition) is 0. The molecule has 0 bridgehead atoms. The maximum absolute atomic E-state index is 11.9. The second-order valence-electron chi connectivity index (χ2n) is 6.01. The summed E-state index contributed by atoms with van der Waals surface area (Å²) in [4.78, 5) is 11.9. The quantitative estimate of drug-likeness (QED) is 0.466. The lowest BCUT2D eigenvalue weighted by Crippen LogP contribution is -2.30. The first-order chi connectivity index (χ1) is 10.3. The number of ether oxygens (including phenoxy) is 1. The highest BCUT2D eigenvalue weighted by atomic mass is 16.5. The summed E-state index contributed by atoms with van der Waals surface area (Å²) in [5.74, 6) is 1.20. The second kappa shape index (κ2) is 6.75. The molecule has 2 aliphatic carbocycles. The van der Waals surface area contributed by atoms with Gasteiger partial charge >= 0.3 is 5.97 Å². The van der Waals surface area contributed by atoms with Gasteiger partial charge in [0, 0.05) is 6.08 Å². The highest BCUT2D eigenvalue weighted by molar-refractivity contribution is 5.83.